The van der Waals surface area contributed by atoms with Crippen LogP contribution in [0.15, 0.2) is 11.6 Å². The van der Waals surface area contributed by atoms with Crippen LogP contribution < -0.4 is 0 Å². The molecule has 0 aromatic rings. The second-order valence-electron chi connectivity index (χ2n) is 1.37. The van der Waals surface area contributed by atoms with Crippen molar-refractivity contribution in [3.05, 3.63) is 11.6 Å². The normalized spacial score (nSPS) is 5.86. The third-order valence-corrected chi connectivity index (χ3v) is 0.577. The molecule has 0 fully saturated rings. The molecule has 0 N–H and O–H groups in total. The zero-order chi connectivity index (χ0) is 6.28. The van der Waals surface area contributed by atoms with Gasteiger partial charge in [0.1, 0.15) is 0 Å². The average Bonchev–Trinajstić information content (AvgIpc) is 1.73. The minimum Gasteiger partial charge on any atom is -0.255 e. The van der Waals surface area contributed by atoms with E-state index >= 15 is 0 Å². The van der Waals surface area contributed by atoms with Gasteiger partial charge in [-0.05, 0) is 20.8 Å². The third-order valence-electron chi connectivity index (χ3n) is 0.577. The Bertz CT molecular complexity index is 42.1. The van der Waals surface area contributed by atoms with Crippen LogP contribution in [0, 0.1) is 0 Å². The summed E-state index contributed by atoms with van der Waals surface area (Å²) in [6.45, 7) is 6.20. The lowest BCUT2D eigenvalue weighted by atomic mass is 10.3. The molecule has 7 heavy (non-hydrogen) atoms. The number of allylic oxidation sites excluding steroid dienone is 2. The average molecular weight is 104 g/mol. The minimum atomic E-state index is 0.500. The minimum absolute atomic E-state index is 0.500. The molecule has 0 saturated carbocycles. The van der Waals surface area contributed by atoms with Crippen molar-refractivity contribution in [3.8, 4) is 0 Å². The molecule has 0 bridgehead atoms. The van der Waals surface area contributed by atoms with Crippen LogP contribution in [0.3, 0.4) is 0 Å². The summed E-state index contributed by atoms with van der Waals surface area (Å²) >= 11 is 0. The van der Waals surface area contributed by atoms with E-state index in [0.717, 1.165) is 0 Å². The molecule has 0 aliphatic rings. The summed E-state index contributed by atoms with van der Waals surface area (Å²) in [7, 11) is 0.500. The fraction of sp³-hybridized carbons (Fsp3) is 0.667. The largest absolute Gasteiger partial charge is 0.255 e. The van der Waals surface area contributed by atoms with Gasteiger partial charge in [0, 0.05) is 0 Å². The van der Waals surface area contributed by atoms with Gasteiger partial charge >= 0.3 is 0 Å². The van der Waals surface area contributed by atoms with Gasteiger partial charge in [-0.3, -0.25) is 4.39 Å². The molecule has 0 aliphatic carbocycles. The van der Waals surface area contributed by atoms with Crippen molar-refractivity contribution in [1.29, 1.82) is 0 Å². The van der Waals surface area contributed by atoms with E-state index < -0.39 is 0 Å². The van der Waals surface area contributed by atoms with E-state index in [1.807, 2.05) is 6.92 Å². The standard InChI is InChI=1S/C5H10.CH3F/c1-4-5(2)3;1-2/h4H,1-3H3;1H3. The number of hydrogen-bond acceptors (Lipinski definition) is 0. The fourth-order valence-corrected chi connectivity index (χ4v) is 0. The molecule has 0 aliphatic heterocycles. The van der Waals surface area contributed by atoms with Crippen molar-refractivity contribution in [2.45, 2.75) is 20.8 Å². The summed E-state index contributed by atoms with van der Waals surface area (Å²) in [5.41, 5.74) is 1.38. The molecule has 0 rings (SSSR count). The van der Waals surface area contributed by atoms with E-state index in [9.17, 15) is 4.39 Å². The summed E-state index contributed by atoms with van der Waals surface area (Å²) in [6, 6.07) is 0. The van der Waals surface area contributed by atoms with Gasteiger partial charge in [0.05, 0.1) is 7.18 Å². The highest BCUT2D eigenvalue weighted by atomic mass is 19.1. The van der Waals surface area contributed by atoms with E-state index in [-0.39, 0.29) is 0 Å². The summed E-state index contributed by atoms with van der Waals surface area (Å²) in [6.07, 6.45) is 2.08. The van der Waals surface area contributed by atoms with Crippen LogP contribution >= 0.6 is 0 Å². The zero-order valence-electron chi connectivity index (χ0n) is 5.46. The van der Waals surface area contributed by atoms with Crippen LogP contribution in [0.25, 0.3) is 0 Å². The molecule has 0 atom stereocenters. The number of hydrogen-bond donors (Lipinski definition) is 0. The second-order valence-corrected chi connectivity index (χ2v) is 1.37. The quantitative estimate of drug-likeness (QED) is 0.414. The summed E-state index contributed by atoms with van der Waals surface area (Å²) < 4.78 is 9.50. The Morgan fingerprint density at radius 2 is 1.43 bits per heavy atom. The Balaban J connectivity index is 0. The molecule has 44 valence electrons. The molecule has 0 spiro atoms. The molecule has 0 aromatic heterocycles. The highest BCUT2D eigenvalue weighted by Crippen LogP contribution is 1.82. The Morgan fingerprint density at radius 3 is 1.43 bits per heavy atom. The van der Waals surface area contributed by atoms with E-state index in [1.54, 1.807) is 0 Å². The SMILES string of the molecule is CC=C(C)C.CF. The van der Waals surface area contributed by atoms with Crippen LogP contribution in [0.1, 0.15) is 20.8 Å². The van der Waals surface area contributed by atoms with Crippen molar-refractivity contribution in [2.24, 2.45) is 0 Å². The van der Waals surface area contributed by atoms with Crippen molar-refractivity contribution in [2.75, 3.05) is 7.18 Å². The number of halogens is 1. The fourth-order valence-electron chi connectivity index (χ4n) is 0. The topological polar surface area (TPSA) is 0 Å². The van der Waals surface area contributed by atoms with Crippen LogP contribution in [0.4, 0.5) is 4.39 Å². The lowest BCUT2D eigenvalue weighted by molar-refractivity contribution is 0.636. The molecule has 0 radical (unpaired) electrons. The molecular formula is C6H13F. The van der Waals surface area contributed by atoms with Gasteiger partial charge in [-0.2, -0.15) is 0 Å². The Kier molecular flexibility index (Phi) is 12.9. The lowest BCUT2D eigenvalue weighted by Crippen LogP contribution is -1.52. The first-order valence-corrected chi connectivity index (χ1v) is 2.24. The van der Waals surface area contributed by atoms with Gasteiger partial charge in [0.15, 0.2) is 0 Å². The van der Waals surface area contributed by atoms with E-state index in [0.29, 0.717) is 7.18 Å². The summed E-state index contributed by atoms with van der Waals surface area (Å²) in [4.78, 5) is 0. The van der Waals surface area contributed by atoms with Crippen LogP contribution in [-0.4, -0.2) is 7.18 Å². The van der Waals surface area contributed by atoms with Gasteiger partial charge in [0.2, 0.25) is 0 Å². The number of alkyl halides is 1. The first-order valence-electron chi connectivity index (χ1n) is 2.24. The molecule has 0 nitrogen and oxygen atoms in total. The monoisotopic (exact) mass is 104 g/mol. The number of rotatable bonds is 0. The highest BCUT2D eigenvalue weighted by molar-refractivity contribution is 4.88. The second kappa shape index (κ2) is 9.18. The van der Waals surface area contributed by atoms with Crippen molar-refractivity contribution in [1.82, 2.24) is 0 Å². The third kappa shape index (κ3) is 27.4. The summed E-state index contributed by atoms with van der Waals surface area (Å²) in [5, 5.41) is 0. The predicted molar refractivity (Wildman–Crippen MR) is 32.1 cm³/mol. The smallest absolute Gasteiger partial charge is 0.0785 e. The highest BCUT2D eigenvalue weighted by Gasteiger charge is 1.60. The maximum atomic E-state index is 9.50. The van der Waals surface area contributed by atoms with Crippen LogP contribution in [-0.2, 0) is 0 Å². The van der Waals surface area contributed by atoms with Crippen LogP contribution in [0.5, 0.6) is 0 Å². The van der Waals surface area contributed by atoms with Crippen molar-refractivity contribution < 1.29 is 4.39 Å². The van der Waals surface area contributed by atoms with Crippen molar-refractivity contribution in [3.63, 3.8) is 0 Å². The molecule has 0 heterocycles. The maximum absolute atomic E-state index is 9.50. The molecule has 0 unspecified atom stereocenters. The van der Waals surface area contributed by atoms with E-state index in [2.05, 4.69) is 19.9 Å². The molecule has 0 saturated heterocycles. The zero-order valence-corrected chi connectivity index (χ0v) is 5.46. The Hall–Kier alpha value is -0.330. The first-order chi connectivity index (χ1) is 3.27. The van der Waals surface area contributed by atoms with Gasteiger partial charge < -0.3 is 0 Å². The maximum Gasteiger partial charge on any atom is 0.0785 e. The van der Waals surface area contributed by atoms with Crippen LogP contribution in [0.2, 0.25) is 0 Å². The first kappa shape index (κ1) is 9.83. The van der Waals surface area contributed by atoms with Gasteiger partial charge in [-0.25, -0.2) is 0 Å². The molecule has 0 aromatic carbocycles. The lowest BCUT2D eigenvalue weighted by Gasteiger charge is -1.74. The Labute approximate surface area is 45.0 Å². The van der Waals surface area contributed by atoms with E-state index in [1.165, 1.54) is 5.57 Å². The van der Waals surface area contributed by atoms with Gasteiger partial charge in [0.25, 0.3) is 0 Å². The molecule has 0 amide bonds. The molecular weight excluding hydrogens is 91.1 g/mol. The van der Waals surface area contributed by atoms with Gasteiger partial charge in [-0.1, -0.05) is 11.6 Å². The Morgan fingerprint density at radius 1 is 1.29 bits per heavy atom. The van der Waals surface area contributed by atoms with Gasteiger partial charge in [-0.15, -0.1) is 0 Å². The van der Waals surface area contributed by atoms with Crippen molar-refractivity contribution >= 4 is 0 Å². The van der Waals surface area contributed by atoms with E-state index in [4.69, 9.17) is 0 Å². The summed E-state index contributed by atoms with van der Waals surface area (Å²) in [5.74, 6) is 0. The molecule has 1 heteroatoms. The predicted octanol–water partition coefficient (Wildman–Crippen LogP) is 2.56.